The minimum absolute atomic E-state index is 0.192. The van der Waals surface area contributed by atoms with Gasteiger partial charge in [0.25, 0.3) is 5.91 Å². The van der Waals surface area contributed by atoms with E-state index in [2.05, 4.69) is 15.5 Å². The second-order valence-corrected chi connectivity index (χ2v) is 7.76. The number of rotatable bonds is 6. The van der Waals surface area contributed by atoms with Gasteiger partial charge < -0.3 is 5.32 Å². The molecule has 0 saturated carbocycles. The van der Waals surface area contributed by atoms with E-state index >= 15 is 0 Å². The lowest BCUT2D eigenvalue weighted by Gasteiger charge is -2.23. The molecular weight excluding hydrogens is 419 g/mol. The molecule has 11 heteroatoms. The lowest BCUT2D eigenvalue weighted by atomic mass is 10.1. The molecule has 9 nitrogen and oxygen atoms in total. The lowest BCUT2D eigenvalue weighted by molar-refractivity contribution is -0.385. The second kappa shape index (κ2) is 7.84. The Morgan fingerprint density at radius 3 is 2.55 bits per heavy atom. The van der Waals surface area contributed by atoms with Crippen molar-refractivity contribution in [1.82, 2.24) is 19.6 Å². The number of nitrogens with zero attached hydrogens (tertiary/aromatic N) is 5. The number of amides is 1. The van der Waals surface area contributed by atoms with Crippen LogP contribution in [-0.4, -0.2) is 30.4 Å². The van der Waals surface area contributed by atoms with Gasteiger partial charge in [-0.2, -0.15) is 10.2 Å². The average Bonchev–Trinajstić information content (AvgIpc) is 3.26. The normalized spacial score (nSPS) is 11.5. The van der Waals surface area contributed by atoms with Gasteiger partial charge in [0.2, 0.25) is 0 Å². The number of anilines is 1. The van der Waals surface area contributed by atoms with Crippen LogP contribution in [0.25, 0.3) is 0 Å². The first-order valence-electron chi connectivity index (χ1n) is 8.58. The molecule has 152 valence electrons. The summed E-state index contributed by atoms with van der Waals surface area (Å²) in [5.41, 5.74) is 0.161. The Morgan fingerprint density at radius 2 is 1.97 bits per heavy atom. The Labute approximate surface area is 176 Å². The van der Waals surface area contributed by atoms with Gasteiger partial charge in [-0.15, -0.1) is 0 Å². The van der Waals surface area contributed by atoms with E-state index < -0.39 is 16.4 Å². The van der Waals surface area contributed by atoms with Crippen LogP contribution in [0.5, 0.6) is 0 Å². The van der Waals surface area contributed by atoms with Crippen LogP contribution in [-0.2, 0) is 16.9 Å². The number of aromatic nitrogens is 4. The van der Waals surface area contributed by atoms with Crippen molar-refractivity contribution in [3.63, 3.8) is 0 Å². The zero-order valence-corrected chi connectivity index (χ0v) is 17.4. The second-order valence-electron chi connectivity index (χ2n) is 6.94. The van der Waals surface area contributed by atoms with Crippen LogP contribution in [0.15, 0.2) is 36.7 Å². The fourth-order valence-electron chi connectivity index (χ4n) is 2.65. The van der Waals surface area contributed by atoms with E-state index in [-0.39, 0.29) is 5.69 Å². The van der Waals surface area contributed by atoms with Crippen LogP contribution in [0.3, 0.4) is 0 Å². The Kier molecular flexibility index (Phi) is 5.63. The molecule has 3 rings (SSSR count). The predicted octanol–water partition coefficient (Wildman–Crippen LogP) is 4.03. The molecule has 29 heavy (non-hydrogen) atoms. The average molecular weight is 437 g/mol. The van der Waals surface area contributed by atoms with Gasteiger partial charge in [-0.05, 0) is 32.9 Å². The van der Waals surface area contributed by atoms with Crippen molar-refractivity contribution in [2.75, 3.05) is 5.32 Å². The predicted molar refractivity (Wildman–Crippen MR) is 109 cm³/mol. The SMILES string of the molecule is Cc1cc(NC(=O)C(C)(C)n2cc([N+](=O)[O-])cn2)nn1Cc1c(Cl)cccc1Cl. The van der Waals surface area contributed by atoms with E-state index in [0.29, 0.717) is 22.4 Å². The summed E-state index contributed by atoms with van der Waals surface area (Å²) in [6, 6.07) is 6.97. The van der Waals surface area contributed by atoms with E-state index in [1.807, 2.05) is 6.92 Å². The minimum atomic E-state index is -1.17. The minimum Gasteiger partial charge on any atom is -0.307 e. The molecular formula is C18H18Cl2N6O3. The molecule has 0 unspecified atom stereocenters. The molecule has 0 aliphatic heterocycles. The highest BCUT2D eigenvalue weighted by Crippen LogP contribution is 2.26. The maximum Gasteiger partial charge on any atom is 0.307 e. The number of carbonyl (C=O) groups is 1. The Morgan fingerprint density at radius 1 is 1.31 bits per heavy atom. The van der Waals surface area contributed by atoms with Crippen molar-refractivity contribution in [2.45, 2.75) is 32.9 Å². The summed E-state index contributed by atoms with van der Waals surface area (Å²) in [5.74, 6) is -0.0821. The molecule has 2 aromatic heterocycles. The molecule has 0 aliphatic rings. The molecule has 0 spiro atoms. The van der Waals surface area contributed by atoms with Crippen LogP contribution in [0.2, 0.25) is 10.0 Å². The smallest absolute Gasteiger partial charge is 0.307 e. The Bertz CT molecular complexity index is 1070. The fraction of sp³-hybridized carbons (Fsp3) is 0.278. The van der Waals surface area contributed by atoms with Crippen LogP contribution in [0.4, 0.5) is 11.5 Å². The first kappa shape index (κ1) is 20.8. The quantitative estimate of drug-likeness (QED) is 0.463. The monoisotopic (exact) mass is 436 g/mol. The van der Waals surface area contributed by atoms with Crippen LogP contribution < -0.4 is 5.32 Å². The van der Waals surface area contributed by atoms with Gasteiger partial charge in [0.1, 0.15) is 17.9 Å². The molecule has 0 bridgehead atoms. The number of aryl methyl sites for hydroxylation is 1. The van der Waals surface area contributed by atoms with Crippen LogP contribution in [0, 0.1) is 17.0 Å². The van der Waals surface area contributed by atoms with Crippen molar-refractivity contribution in [3.8, 4) is 0 Å². The molecule has 3 aromatic rings. The summed E-state index contributed by atoms with van der Waals surface area (Å²) in [7, 11) is 0. The summed E-state index contributed by atoms with van der Waals surface area (Å²) < 4.78 is 2.92. The van der Waals surface area contributed by atoms with E-state index in [4.69, 9.17) is 23.2 Å². The molecule has 1 aromatic carbocycles. The molecule has 2 heterocycles. The molecule has 0 aliphatic carbocycles. The number of benzene rings is 1. The summed E-state index contributed by atoms with van der Waals surface area (Å²) in [4.78, 5) is 23.1. The van der Waals surface area contributed by atoms with Crippen molar-refractivity contribution in [3.05, 3.63) is 68.1 Å². The van der Waals surface area contributed by atoms with E-state index in [1.165, 1.54) is 10.9 Å². The zero-order chi connectivity index (χ0) is 21.3. The van der Waals surface area contributed by atoms with Crippen LogP contribution in [0.1, 0.15) is 25.1 Å². The third-order valence-corrected chi connectivity index (χ3v) is 5.21. The van der Waals surface area contributed by atoms with Crippen LogP contribution >= 0.6 is 23.2 Å². The fourth-order valence-corrected chi connectivity index (χ4v) is 3.17. The molecule has 0 fully saturated rings. The van der Waals surface area contributed by atoms with E-state index in [1.54, 1.807) is 42.8 Å². The summed E-state index contributed by atoms with van der Waals surface area (Å²) in [5, 5.41) is 23.0. The number of carbonyl (C=O) groups excluding carboxylic acids is 1. The first-order chi connectivity index (χ1) is 13.6. The molecule has 0 saturated heterocycles. The molecule has 0 radical (unpaired) electrons. The molecule has 1 N–H and O–H groups in total. The summed E-state index contributed by atoms with van der Waals surface area (Å²) >= 11 is 12.4. The van der Waals surface area contributed by atoms with Gasteiger partial charge in [0.05, 0.1) is 11.5 Å². The van der Waals surface area contributed by atoms with Crippen molar-refractivity contribution < 1.29 is 9.72 Å². The van der Waals surface area contributed by atoms with Gasteiger partial charge in [-0.3, -0.25) is 24.3 Å². The standard InChI is InChI=1S/C18H18Cl2N6O3/c1-11-7-16(23-24(11)10-13-14(19)5-4-6-15(13)20)22-17(27)18(2,3)25-9-12(8-21-25)26(28)29/h4-9H,10H2,1-3H3,(H,22,23,27). The molecule has 1 amide bonds. The highest BCUT2D eigenvalue weighted by atomic mass is 35.5. The maximum atomic E-state index is 12.8. The first-order valence-corrected chi connectivity index (χ1v) is 9.33. The number of hydrogen-bond donors (Lipinski definition) is 1. The highest BCUT2D eigenvalue weighted by molar-refractivity contribution is 6.35. The van der Waals surface area contributed by atoms with Crippen molar-refractivity contribution in [1.29, 1.82) is 0 Å². The highest BCUT2D eigenvalue weighted by Gasteiger charge is 2.32. The number of nitrogens with one attached hydrogen (secondary N) is 1. The maximum absolute atomic E-state index is 12.8. The van der Waals surface area contributed by atoms with Crippen molar-refractivity contribution in [2.24, 2.45) is 0 Å². The van der Waals surface area contributed by atoms with E-state index in [0.717, 1.165) is 17.5 Å². The van der Waals surface area contributed by atoms with Gasteiger partial charge in [0, 0.05) is 27.4 Å². The number of halogens is 2. The lowest BCUT2D eigenvalue weighted by Crippen LogP contribution is -2.40. The third kappa shape index (κ3) is 4.25. The van der Waals surface area contributed by atoms with Gasteiger partial charge >= 0.3 is 5.69 Å². The summed E-state index contributed by atoms with van der Waals surface area (Å²) in [6.45, 7) is 5.39. The van der Waals surface area contributed by atoms with Gasteiger partial charge in [-0.1, -0.05) is 29.3 Å². The zero-order valence-electron chi connectivity index (χ0n) is 15.9. The third-order valence-electron chi connectivity index (χ3n) is 4.50. The summed E-state index contributed by atoms with van der Waals surface area (Å²) in [6.07, 6.45) is 2.31. The Hall–Kier alpha value is -2.91. The van der Waals surface area contributed by atoms with Gasteiger partial charge in [0.15, 0.2) is 5.82 Å². The Balaban J connectivity index is 1.79. The number of hydrogen-bond acceptors (Lipinski definition) is 5. The van der Waals surface area contributed by atoms with Gasteiger partial charge in [-0.25, -0.2) is 0 Å². The number of nitro groups is 1. The largest absolute Gasteiger partial charge is 0.307 e. The van der Waals surface area contributed by atoms with Crippen molar-refractivity contribution >= 4 is 40.6 Å². The van der Waals surface area contributed by atoms with E-state index in [9.17, 15) is 14.9 Å². The molecule has 0 atom stereocenters. The topological polar surface area (TPSA) is 108 Å².